The Morgan fingerprint density at radius 2 is 1.81 bits per heavy atom. The smallest absolute Gasteiger partial charge is 0.227 e. The molecule has 4 nitrogen and oxygen atoms in total. The maximum Gasteiger partial charge on any atom is 0.227 e. The predicted octanol–water partition coefficient (Wildman–Crippen LogP) is 5.57. The van der Waals surface area contributed by atoms with Gasteiger partial charge in [-0.3, -0.25) is 9.69 Å². The third-order valence-corrected chi connectivity index (χ3v) is 7.56. The maximum atomic E-state index is 15.0. The zero-order chi connectivity index (χ0) is 22.6. The summed E-state index contributed by atoms with van der Waals surface area (Å²) in [5, 5.41) is 0. The summed E-state index contributed by atoms with van der Waals surface area (Å²) in [6.45, 7) is 6.59. The van der Waals surface area contributed by atoms with E-state index in [2.05, 4.69) is 28.9 Å². The Bertz CT molecular complexity index is 1040. The highest BCUT2D eigenvalue weighted by atomic mass is 32.1. The van der Waals surface area contributed by atoms with Crippen molar-refractivity contribution in [1.29, 1.82) is 0 Å². The first-order valence-corrected chi connectivity index (χ1v) is 12.2. The van der Waals surface area contributed by atoms with E-state index in [0.717, 1.165) is 50.2 Å². The average molecular weight is 452 g/mol. The quantitative estimate of drug-likeness (QED) is 0.471. The van der Waals surface area contributed by atoms with Gasteiger partial charge in [0.1, 0.15) is 5.82 Å². The first-order valence-electron chi connectivity index (χ1n) is 11.3. The van der Waals surface area contributed by atoms with Crippen LogP contribution in [-0.4, -0.2) is 35.4 Å². The number of hydrogen-bond donors (Lipinski definition) is 0. The predicted molar refractivity (Wildman–Crippen MR) is 129 cm³/mol. The van der Waals surface area contributed by atoms with Crippen molar-refractivity contribution in [3.05, 3.63) is 82.1 Å². The first-order chi connectivity index (χ1) is 15.5. The highest BCUT2D eigenvalue weighted by molar-refractivity contribution is 7.09. The molecule has 0 saturated carbocycles. The Morgan fingerprint density at radius 1 is 1.12 bits per heavy atom. The Morgan fingerprint density at radius 3 is 2.44 bits per heavy atom. The largest absolute Gasteiger partial charge is 0.303 e. The summed E-state index contributed by atoms with van der Waals surface area (Å²) in [7, 11) is 0. The molecule has 0 unspecified atom stereocenters. The van der Waals surface area contributed by atoms with Crippen LogP contribution in [0.3, 0.4) is 0 Å². The number of amides is 1. The number of thiazole rings is 1. The van der Waals surface area contributed by atoms with Crippen LogP contribution in [0.25, 0.3) is 0 Å². The lowest BCUT2D eigenvalue weighted by Crippen LogP contribution is -2.56. The van der Waals surface area contributed by atoms with Crippen LogP contribution in [0.1, 0.15) is 42.3 Å². The molecule has 0 N–H and O–H groups in total. The number of likely N-dealkylation sites (tertiary alicyclic amines) is 1. The number of benzene rings is 2. The fraction of sp³-hybridized carbons (Fsp3) is 0.385. The van der Waals surface area contributed by atoms with E-state index in [-0.39, 0.29) is 11.7 Å². The number of nitrogens with zero attached hydrogens (tertiary/aromatic N) is 3. The molecular formula is C26H30FN3OS. The summed E-state index contributed by atoms with van der Waals surface area (Å²) < 4.78 is 15.0. The van der Waals surface area contributed by atoms with Gasteiger partial charge in [0.15, 0.2) is 0 Å². The Hall–Kier alpha value is -2.57. The molecule has 1 aliphatic rings. The van der Waals surface area contributed by atoms with Gasteiger partial charge in [-0.25, -0.2) is 9.37 Å². The van der Waals surface area contributed by atoms with Gasteiger partial charge in [0, 0.05) is 30.9 Å². The highest BCUT2D eigenvalue weighted by Gasteiger charge is 2.44. The van der Waals surface area contributed by atoms with E-state index in [1.54, 1.807) is 34.4 Å². The van der Waals surface area contributed by atoms with Crippen LogP contribution in [0.15, 0.2) is 60.1 Å². The third kappa shape index (κ3) is 4.48. The van der Waals surface area contributed by atoms with E-state index in [0.29, 0.717) is 12.1 Å². The SMILES string of the molecule is CCC(=O)N(c1ccccc1F)C1(c2ccccc2)CCN(CCc2scnc2C)CC1. The van der Waals surface area contributed by atoms with Crippen molar-refractivity contribution in [3.63, 3.8) is 0 Å². The van der Waals surface area contributed by atoms with E-state index in [4.69, 9.17) is 0 Å². The van der Waals surface area contributed by atoms with Crippen LogP contribution in [0.4, 0.5) is 10.1 Å². The average Bonchev–Trinajstić information content (AvgIpc) is 3.25. The van der Waals surface area contributed by atoms with E-state index >= 15 is 0 Å². The number of piperidine rings is 1. The molecule has 3 aromatic rings. The van der Waals surface area contributed by atoms with Gasteiger partial charge in [-0.15, -0.1) is 11.3 Å². The molecule has 0 atom stereocenters. The van der Waals surface area contributed by atoms with Crippen molar-refractivity contribution in [2.24, 2.45) is 0 Å². The maximum absolute atomic E-state index is 15.0. The van der Waals surface area contributed by atoms with Crippen molar-refractivity contribution in [2.45, 2.75) is 45.1 Å². The van der Waals surface area contributed by atoms with Gasteiger partial charge in [0.2, 0.25) is 5.91 Å². The van der Waals surface area contributed by atoms with Crippen LogP contribution in [-0.2, 0) is 16.8 Å². The molecule has 1 aliphatic heterocycles. The monoisotopic (exact) mass is 451 g/mol. The number of aromatic nitrogens is 1. The molecule has 2 aromatic carbocycles. The first kappa shape index (κ1) is 22.6. The molecule has 4 rings (SSSR count). The lowest BCUT2D eigenvalue weighted by molar-refractivity contribution is -0.120. The Balaban J connectivity index is 1.64. The second kappa shape index (κ2) is 9.92. The fourth-order valence-corrected chi connectivity index (χ4v) is 5.53. The highest BCUT2D eigenvalue weighted by Crippen LogP contribution is 2.43. The molecule has 32 heavy (non-hydrogen) atoms. The van der Waals surface area contributed by atoms with Gasteiger partial charge in [-0.05, 0) is 43.9 Å². The minimum absolute atomic E-state index is 0.0484. The summed E-state index contributed by atoms with van der Waals surface area (Å²) in [5.74, 6) is -0.402. The molecule has 6 heteroatoms. The zero-order valence-electron chi connectivity index (χ0n) is 18.8. The second-order valence-electron chi connectivity index (χ2n) is 8.38. The molecule has 1 aromatic heterocycles. The van der Waals surface area contributed by atoms with Crippen molar-refractivity contribution in [2.75, 3.05) is 24.5 Å². The molecule has 0 bridgehead atoms. The summed E-state index contributed by atoms with van der Waals surface area (Å²) in [6, 6.07) is 16.8. The molecule has 2 heterocycles. The summed E-state index contributed by atoms with van der Waals surface area (Å²) in [5.41, 5.74) is 3.90. The molecule has 1 amide bonds. The standard InChI is InChI=1S/C26H30FN3OS/c1-3-25(31)30(23-12-8-7-11-22(23)27)26(21-9-5-4-6-10-21)14-17-29(18-15-26)16-13-24-20(2)28-19-32-24/h4-12,19H,3,13-18H2,1-2H3. The topological polar surface area (TPSA) is 36.4 Å². The van der Waals surface area contributed by atoms with Crippen molar-refractivity contribution < 1.29 is 9.18 Å². The van der Waals surface area contributed by atoms with Crippen molar-refractivity contribution >= 4 is 22.9 Å². The van der Waals surface area contributed by atoms with Crippen molar-refractivity contribution in [3.8, 4) is 0 Å². The number of halogens is 1. The lowest BCUT2D eigenvalue weighted by Gasteiger charge is -2.49. The third-order valence-electron chi connectivity index (χ3n) is 6.57. The molecule has 1 saturated heterocycles. The summed E-state index contributed by atoms with van der Waals surface area (Å²) in [6.07, 6.45) is 2.84. The minimum atomic E-state index is -0.562. The molecule has 0 spiro atoms. The lowest BCUT2D eigenvalue weighted by atomic mass is 9.78. The van der Waals surface area contributed by atoms with Gasteiger partial charge >= 0.3 is 0 Å². The normalized spacial score (nSPS) is 16.1. The number of carbonyl (C=O) groups is 1. The molecule has 168 valence electrons. The van der Waals surface area contributed by atoms with Crippen LogP contribution < -0.4 is 4.90 Å². The number of aryl methyl sites for hydroxylation is 1. The van der Waals surface area contributed by atoms with Gasteiger partial charge < -0.3 is 4.90 Å². The van der Waals surface area contributed by atoms with Gasteiger partial charge in [0.05, 0.1) is 22.4 Å². The van der Waals surface area contributed by atoms with Crippen molar-refractivity contribution in [1.82, 2.24) is 9.88 Å². The molecule has 0 radical (unpaired) electrons. The van der Waals surface area contributed by atoms with Crippen LogP contribution in [0.2, 0.25) is 0 Å². The Labute approximate surface area is 193 Å². The number of rotatable bonds is 7. The molecule has 1 fully saturated rings. The molecule has 0 aliphatic carbocycles. The number of carbonyl (C=O) groups excluding carboxylic acids is 1. The number of para-hydroxylation sites is 1. The minimum Gasteiger partial charge on any atom is -0.303 e. The van der Waals surface area contributed by atoms with E-state index in [9.17, 15) is 9.18 Å². The van der Waals surface area contributed by atoms with Crippen LogP contribution in [0.5, 0.6) is 0 Å². The van der Waals surface area contributed by atoms with Crippen LogP contribution >= 0.6 is 11.3 Å². The Kier molecular flexibility index (Phi) is 7.01. The fourth-order valence-electron chi connectivity index (χ4n) is 4.76. The molecular weight excluding hydrogens is 421 g/mol. The summed E-state index contributed by atoms with van der Waals surface area (Å²) >= 11 is 1.71. The van der Waals surface area contributed by atoms with E-state index < -0.39 is 5.54 Å². The number of anilines is 1. The van der Waals surface area contributed by atoms with E-state index in [1.807, 2.05) is 30.6 Å². The second-order valence-corrected chi connectivity index (χ2v) is 9.32. The zero-order valence-corrected chi connectivity index (χ0v) is 19.6. The number of hydrogen-bond acceptors (Lipinski definition) is 4. The summed E-state index contributed by atoms with van der Waals surface area (Å²) in [4.78, 5) is 23.2. The van der Waals surface area contributed by atoms with Gasteiger partial charge in [-0.2, -0.15) is 0 Å². The van der Waals surface area contributed by atoms with Gasteiger partial charge in [0.25, 0.3) is 0 Å². The van der Waals surface area contributed by atoms with Gasteiger partial charge in [-0.1, -0.05) is 49.4 Å². The van der Waals surface area contributed by atoms with Crippen LogP contribution in [0, 0.1) is 12.7 Å². The van der Waals surface area contributed by atoms with E-state index in [1.165, 1.54) is 10.9 Å².